The Bertz CT molecular complexity index is 316. The van der Waals surface area contributed by atoms with Gasteiger partial charge in [0.1, 0.15) is 0 Å². The Morgan fingerprint density at radius 1 is 1.15 bits per heavy atom. The third-order valence-corrected chi connectivity index (χ3v) is 5.33. The molecule has 1 heterocycles. The van der Waals surface area contributed by atoms with Crippen LogP contribution in [-0.4, -0.2) is 29.5 Å². The van der Waals surface area contributed by atoms with Gasteiger partial charge in [-0.1, -0.05) is 25.7 Å². The molecule has 0 aromatic carbocycles. The van der Waals surface area contributed by atoms with E-state index in [1.807, 2.05) is 0 Å². The van der Waals surface area contributed by atoms with Crippen LogP contribution in [0.15, 0.2) is 0 Å². The Labute approximate surface area is 123 Å². The molecule has 2 atom stereocenters. The smallest absolute Gasteiger partial charge is 0.234 e. The van der Waals surface area contributed by atoms with Gasteiger partial charge < -0.3 is 5.73 Å². The molecular formula is C16H31N3O. The summed E-state index contributed by atoms with van der Waals surface area (Å²) in [5, 5.41) is 2.17. The van der Waals surface area contributed by atoms with Crippen LogP contribution in [0.25, 0.3) is 0 Å². The van der Waals surface area contributed by atoms with Crippen LogP contribution < -0.4 is 11.2 Å². The van der Waals surface area contributed by atoms with Crippen molar-refractivity contribution in [2.45, 2.75) is 83.7 Å². The summed E-state index contributed by atoms with van der Waals surface area (Å²) in [7, 11) is 0. The normalized spacial score (nSPS) is 30.9. The highest BCUT2D eigenvalue weighted by atomic mass is 16.2. The summed E-state index contributed by atoms with van der Waals surface area (Å²) in [5.74, 6) is 0.165. The summed E-state index contributed by atoms with van der Waals surface area (Å²) in [5.41, 5.74) is 9.20. The summed E-state index contributed by atoms with van der Waals surface area (Å²) in [6, 6.07) is 0.894. The lowest BCUT2D eigenvalue weighted by Gasteiger charge is -2.40. The molecule has 1 saturated carbocycles. The second-order valence-electron chi connectivity index (χ2n) is 7.01. The molecule has 3 N–H and O–H groups in total. The molecule has 1 aliphatic carbocycles. The molecule has 0 aromatic rings. The number of hydrogen-bond donors (Lipinski definition) is 2. The lowest BCUT2D eigenvalue weighted by atomic mass is 9.72. The van der Waals surface area contributed by atoms with Crippen LogP contribution in [0.4, 0.5) is 0 Å². The van der Waals surface area contributed by atoms with Gasteiger partial charge in [0, 0.05) is 18.5 Å². The maximum absolute atomic E-state index is 12.4. The Kier molecular flexibility index (Phi) is 5.44. The van der Waals surface area contributed by atoms with Crippen LogP contribution >= 0.6 is 0 Å². The van der Waals surface area contributed by atoms with Gasteiger partial charge in [-0.25, -0.2) is 5.01 Å². The molecule has 2 unspecified atom stereocenters. The molecule has 0 bridgehead atoms. The van der Waals surface area contributed by atoms with Gasteiger partial charge in [0.2, 0.25) is 5.91 Å². The van der Waals surface area contributed by atoms with E-state index >= 15 is 0 Å². The number of rotatable bonds is 4. The zero-order valence-corrected chi connectivity index (χ0v) is 13.2. The monoisotopic (exact) mass is 281 g/mol. The highest BCUT2D eigenvalue weighted by Gasteiger charge is 2.34. The number of nitrogens with one attached hydrogen (secondary N) is 1. The van der Waals surface area contributed by atoms with Gasteiger partial charge in [-0.2, -0.15) is 0 Å². The predicted molar refractivity (Wildman–Crippen MR) is 81.9 cm³/mol. The molecule has 4 heteroatoms. The van der Waals surface area contributed by atoms with Crippen LogP contribution in [-0.2, 0) is 4.79 Å². The van der Waals surface area contributed by atoms with E-state index in [9.17, 15) is 4.79 Å². The van der Waals surface area contributed by atoms with Crippen molar-refractivity contribution in [2.24, 2.45) is 11.1 Å². The van der Waals surface area contributed by atoms with E-state index in [-0.39, 0.29) is 11.3 Å². The SMILES string of the molecule is CC1CCCC(C)N1NC(=O)CC1(CN)CCCCC1. The number of nitrogens with zero attached hydrogens (tertiary/aromatic N) is 1. The number of hydrogen-bond acceptors (Lipinski definition) is 3. The molecule has 2 aliphatic rings. The van der Waals surface area contributed by atoms with E-state index in [2.05, 4.69) is 24.3 Å². The van der Waals surface area contributed by atoms with E-state index in [4.69, 9.17) is 5.73 Å². The lowest BCUT2D eigenvalue weighted by molar-refractivity contribution is -0.132. The fourth-order valence-electron chi connectivity index (χ4n) is 3.92. The average molecular weight is 281 g/mol. The molecule has 0 radical (unpaired) electrons. The van der Waals surface area contributed by atoms with Crippen LogP contribution in [0.2, 0.25) is 0 Å². The first-order valence-electron chi connectivity index (χ1n) is 8.34. The average Bonchev–Trinajstić information content (AvgIpc) is 2.44. The van der Waals surface area contributed by atoms with Crippen molar-refractivity contribution < 1.29 is 4.79 Å². The molecule has 1 saturated heterocycles. The first kappa shape index (κ1) is 15.8. The third-order valence-electron chi connectivity index (χ3n) is 5.33. The fraction of sp³-hybridized carbons (Fsp3) is 0.938. The highest BCUT2D eigenvalue weighted by molar-refractivity contribution is 5.76. The van der Waals surface area contributed by atoms with Crippen LogP contribution in [0, 0.1) is 5.41 Å². The Morgan fingerprint density at radius 2 is 1.75 bits per heavy atom. The number of piperidine rings is 1. The molecule has 0 aromatic heterocycles. The number of amides is 1. The number of hydrazine groups is 1. The molecule has 1 amide bonds. The first-order valence-corrected chi connectivity index (χ1v) is 8.34. The van der Waals surface area contributed by atoms with Crippen molar-refractivity contribution in [2.75, 3.05) is 6.54 Å². The van der Waals surface area contributed by atoms with E-state index in [0.29, 0.717) is 25.0 Å². The van der Waals surface area contributed by atoms with Crippen LogP contribution in [0.1, 0.15) is 71.6 Å². The summed E-state index contributed by atoms with van der Waals surface area (Å²) in [4.78, 5) is 12.4. The van der Waals surface area contributed by atoms with Crippen molar-refractivity contribution >= 4 is 5.91 Å². The van der Waals surface area contributed by atoms with Crippen molar-refractivity contribution in [1.29, 1.82) is 0 Å². The van der Waals surface area contributed by atoms with Crippen molar-refractivity contribution in [3.8, 4) is 0 Å². The van der Waals surface area contributed by atoms with Crippen LogP contribution in [0.5, 0.6) is 0 Å². The van der Waals surface area contributed by atoms with Gasteiger partial charge in [-0.05, 0) is 51.5 Å². The van der Waals surface area contributed by atoms with Gasteiger partial charge in [-0.3, -0.25) is 10.2 Å². The quantitative estimate of drug-likeness (QED) is 0.832. The Balaban J connectivity index is 1.90. The minimum absolute atomic E-state index is 0.0601. The molecule has 2 rings (SSSR count). The summed E-state index contributed by atoms with van der Waals surface area (Å²) >= 11 is 0. The molecule has 116 valence electrons. The van der Waals surface area contributed by atoms with Gasteiger partial charge in [0.05, 0.1) is 0 Å². The second kappa shape index (κ2) is 6.90. The van der Waals surface area contributed by atoms with Gasteiger partial charge in [0.15, 0.2) is 0 Å². The van der Waals surface area contributed by atoms with E-state index < -0.39 is 0 Å². The van der Waals surface area contributed by atoms with Crippen molar-refractivity contribution in [1.82, 2.24) is 10.4 Å². The standard InChI is InChI=1S/C16H31N3O/c1-13-7-6-8-14(2)19(13)18-15(20)11-16(12-17)9-4-3-5-10-16/h13-14H,3-12,17H2,1-2H3,(H,18,20). The minimum Gasteiger partial charge on any atom is -0.330 e. The minimum atomic E-state index is 0.0601. The number of nitrogens with two attached hydrogens (primary N) is 1. The highest BCUT2D eigenvalue weighted by Crippen LogP contribution is 2.38. The summed E-state index contributed by atoms with van der Waals surface area (Å²) < 4.78 is 0. The maximum atomic E-state index is 12.4. The largest absolute Gasteiger partial charge is 0.330 e. The van der Waals surface area contributed by atoms with Gasteiger partial charge in [0.25, 0.3) is 0 Å². The molecule has 0 spiro atoms. The summed E-state index contributed by atoms with van der Waals surface area (Å²) in [6.45, 7) is 5.05. The molecule has 2 fully saturated rings. The third kappa shape index (κ3) is 3.73. The molecule has 20 heavy (non-hydrogen) atoms. The fourth-order valence-corrected chi connectivity index (χ4v) is 3.92. The Hall–Kier alpha value is -0.610. The number of carbonyl (C=O) groups is 1. The maximum Gasteiger partial charge on any atom is 0.234 e. The second-order valence-corrected chi connectivity index (χ2v) is 7.01. The van der Waals surface area contributed by atoms with Gasteiger partial charge in [-0.15, -0.1) is 0 Å². The zero-order chi connectivity index (χ0) is 14.6. The van der Waals surface area contributed by atoms with Gasteiger partial charge >= 0.3 is 0 Å². The number of carbonyl (C=O) groups excluding carboxylic acids is 1. The van der Waals surface area contributed by atoms with E-state index in [0.717, 1.165) is 12.8 Å². The predicted octanol–water partition coefficient (Wildman–Crippen LogP) is 2.58. The summed E-state index contributed by atoms with van der Waals surface area (Å²) in [6.07, 6.45) is 10.2. The zero-order valence-electron chi connectivity index (χ0n) is 13.2. The van der Waals surface area contributed by atoms with E-state index in [1.165, 1.54) is 38.5 Å². The topological polar surface area (TPSA) is 58.4 Å². The van der Waals surface area contributed by atoms with Crippen molar-refractivity contribution in [3.63, 3.8) is 0 Å². The van der Waals surface area contributed by atoms with Crippen LogP contribution in [0.3, 0.4) is 0 Å². The Morgan fingerprint density at radius 3 is 2.30 bits per heavy atom. The molecule has 4 nitrogen and oxygen atoms in total. The lowest BCUT2D eigenvalue weighted by Crippen LogP contribution is -2.55. The van der Waals surface area contributed by atoms with E-state index in [1.54, 1.807) is 0 Å². The molecule has 1 aliphatic heterocycles. The first-order chi connectivity index (χ1) is 9.56. The molecular weight excluding hydrogens is 250 g/mol. The van der Waals surface area contributed by atoms with Crippen molar-refractivity contribution in [3.05, 3.63) is 0 Å².